The van der Waals surface area contributed by atoms with Crippen LogP contribution in [0, 0.1) is 5.82 Å². The Morgan fingerprint density at radius 3 is 2.18 bits per heavy atom. The predicted molar refractivity (Wildman–Crippen MR) is 105 cm³/mol. The number of hydrogen-bond acceptors (Lipinski definition) is 6. The third kappa shape index (κ3) is 4.06. The maximum Gasteiger partial charge on any atom is 0.275 e. The van der Waals surface area contributed by atoms with Gasteiger partial charge in [-0.1, -0.05) is 6.07 Å². The Balaban J connectivity index is 1.36. The number of anilines is 3. The molecule has 0 unspecified atom stereocenters. The molecule has 0 bridgehead atoms. The number of amides is 1. The van der Waals surface area contributed by atoms with Crippen LogP contribution in [0.1, 0.15) is 10.5 Å². The molecule has 1 aliphatic rings. The van der Waals surface area contributed by atoms with E-state index >= 15 is 0 Å². The number of carbonyl (C=O) groups is 1. The average Bonchev–Trinajstić information content (AvgIpc) is 2.76. The predicted octanol–water partition coefficient (Wildman–Crippen LogP) is 2.59. The van der Waals surface area contributed by atoms with Gasteiger partial charge in [0.2, 0.25) is 0 Å². The van der Waals surface area contributed by atoms with Crippen LogP contribution in [0.2, 0.25) is 0 Å². The first kappa shape index (κ1) is 17.8. The third-order valence-corrected chi connectivity index (χ3v) is 4.55. The monoisotopic (exact) mass is 378 g/mol. The first-order valence-corrected chi connectivity index (χ1v) is 8.99. The molecule has 28 heavy (non-hydrogen) atoms. The van der Waals surface area contributed by atoms with Gasteiger partial charge in [0, 0.05) is 38.1 Å². The van der Waals surface area contributed by atoms with Gasteiger partial charge in [0.25, 0.3) is 5.91 Å². The molecule has 8 heteroatoms. The van der Waals surface area contributed by atoms with Crippen LogP contribution in [0.4, 0.5) is 21.7 Å². The molecule has 0 atom stereocenters. The average molecular weight is 378 g/mol. The third-order valence-electron chi connectivity index (χ3n) is 4.55. The minimum absolute atomic E-state index is 0.209. The summed E-state index contributed by atoms with van der Waals surface area (Å²) in [4.78, 5) is 29.6. The lowest BCUT2D eigenvalue weighted by atomic mass is 10.3. The Bertz CT molecular complexity index is 925. The summed E-state index contributed by atoms with van der Waals surface area (Å²) in [5.74, 6) is 0.968. The van der Waals surface area contributed by atoms with Crippen molar-refractivity contribution in [3.05, 3.63) is 72.6 Å². The topological polar surface area (TPSA) is 74.2 Å². The number of nitrogens with one attached hydrogen (secondary N) is 1. The Kier molecular flexibility index (Phi) is 5.09. The summed E-state index contributed by atoms with van der Waals surface area (Å²) in [7, 11) is 0. The van der Waals surface area contributed by atoms with Crippen LogP contribution in [-0.2, 0) is 0 Å². The van der Waals surface area contributed by atoms with Gasteiger partial charge in [-0.3, -0.25) is 4.79 Å². The van der Waals surface area contributed by atoms with Gasteiger partial charge in [-0.05, 0) is 36.4 Å². The van der Waals surface area contributed by atoms with Crippen LogP contribution in [0.15, 0.2) is 61.1 Å². The van der Waals surface area contributed by atoms with E-state index in [0.29, 0.717) is 5.69 Å². The van der Waals surface area contributed by atoms with E-state index in [1.807, 2.05) is 18.2 Å². The number of hydrogen-bond donors (Lipinski definition) is 1. The molecule has 1 amide bonds. The van der Waals surface area contributed by atoms with Gasteiger partial charge in [0.05, 0.1) is 12.4 Å². The Morgan fingerprint density at radius 1 is 0.857 bits per heavy atom. The van der Waals surface area contributed by atoms with Crippen LogP contribution in [0.3, 0.4) is 0 Å². The quantitative estimate of drug-likeness (QED) is 0.752. The molecule has 4 rings (SSSR count). The van der Waals surface area contributed by atoms with E-state index in [4.69, 9.17) is 0 Å². The van der Waals surface area contributed by atoms with Crippen LogP contribution < -0.4 is 15.1 Å². The van der Waals surface area contributed by atoms with Crippen LogP contribution in [0.5, 0.6) is 0 Å². The molecule has 0 spiro atoms. The summed E-state index contributed by atoms with van der Waals surface area (Å²) in [5.41, 5.74) is 0.711. The smallest absolute Gasteiger partial charge is 0.275 e. The van der Waals surface area contributed by atoms with E-state index in [1.54, 1.807) is 12.4 Å². The Hall–Kier alpha value is -3.55. The number of piperazine rings is 1. The molecule has 1 aromatic carbocycles. The van der Waals surface area contributed by atoms with Crippen molar-refractivity contribution in [2.45, 2.75) is 0 Å². The summed E-state index contributed by atoms with van der Waals surface area (Å²) in [6.07, 6.45) is 4.86. The number of benzene rings is 1. The minimum Gasteiger partial charge on any atom is -0.353 e. The van der Waals surface area contributed by atoms with Crippen LogP contribution in [-0.4, -0.2) is 47.0 Å². The van der Waals surface area contributed by atoms with E-state index in [9.17, 15) is 9.18 Å². The summed E-state index contributed by atoms with van der Waals surface area (Å²) < 4.78 is 12.9. The normalized spacial score (nSPS) is 14.0. The molecular weight excluding hydrogens is 359 g/mol. The van der Waals surface area contributed by atoms with E-state index < -0.39 is 0 Å². The Labute approximate surface area is 161 Å². The van der Waals surface area contributed by atoms with Gasteiger partial charge in [-0.2, -0.15) is 0 Å². The second-order valence-corrected chi connectivity index (χ2v) is 6.38. The highest BCUT2D eigenvalue weighted by molar-refractivity contribution is 6.02. The lowest BCUT2D eigenvalue weighted by Gasteiger charge is -2.35. The number of aromatic nitrogens is 3. The summed E-state index contributed by atoms with van der Waals surface area (Å²) in [6.45, 7) is 3.27. The number of pyridine rings is 1. The van der Waals surface area contributed by atoms with Crippen molar-refractivity contribution in [1.82, 2.24) is 15.0 Å². The Morgan fingerprint density at radius 2 is 1.57 bits per heavy atom. The van der Waals surface area contributed by atoms with Crippen molar-refractivity contribution in [3.63, 3.8) is 0 Å². The molecule has 2 aromatic heterocycles. The summed E-state index contributed by atoms with van der Waals surface area (Å²) in [6, 6.07) is 11.5. The maximum absolute atomic E-state index is 12.9. The molecule has 1 fully saturated rings. The molecule has 1 saturated heterocycles. The highest BCUT2D eigenvalue weighted by Crippen LogP contribution is 2.17. The van der Waals surface area contributed by atoms with Crippen molar-refractivity contribution in [3.8, 4) is 0 Å². The fourth-order valence-corrected chi connectivity index (χ4v) is 3.04. The largest absolute Gasteiger partial charge is 0.353 e. The molecule has 1 aliphatic heterocycles. The fourth-order valence-electron chi connectivity index (χ4n) is 3.04. The van der Waals surface area contributed by atoms with E-state index in [2.05, 4.69) is 30.1 Å². The number of carbonyl (C=O) groups excluding carboxylic acids is 1. The van der Waals surface area contributed by atoms with Crippen molar-refractivity contribution < 1.29 is 9.18 Å². The molecule has 3 heterocycles. The van der Waals surface area contributed by atoms with Gasteiger partial charge < -0.3 is 15.1 Å². The lowest BCUT2D eigenvalue weighted by molar-refractivity contribution is 0.102. The zero-order valence-electron chi connectivity index (χ0n) is 15.1. The minimum atomic E-state index is -0.384. The summed E-state index contributed by atoms with van der Waals surface area (Å²) in [5, 5.41) is 2.67. The number of halogens is 1. The van der Waals surface area contributed by atoms with Crippen molar-refractivity contribution >= 4 is 23.2 Å². The van der Waals surface area contributed by atoms with Gasteiger partial charge in [-0.15, -0.1) is 0 Å². The molecule has 0 saturated carbocycles. The molecular formula is C20H19FN6O. The molecule has 1 N–H and O–H groups in total. The van der Waals surface area contributed by atoms with Gasteiger partial charge in [-0.25, -0.2) is 19.3 Å². The molecule has 3 aromatic rings. The van der Waals surface area contributed by atoms with Gasteiger partial charge >= 0.3 is 0 Å². The fraction of sp³-hybridized carbons (Fsp3) is 0.200. The highest BCUT2D eigenvalue weighted by Gasteiger charge is 2.19. The van der Waals surface area contributed by atoms with Gasteiger partial charge in [0.15, 0.2) is 0 Å². The van der Waals surface area contributed by atoms with Gasteiger partial charge in [0.1, 0.15) is 23.1 Å². The molecule has 142 valence electrons. The SMILES string of the molecule is O=C(Nc1ccc(F)cc1)c1cnc(N2CCN(c3ccccn3)CC2)cn1. The molecule has 0 radical (unpaired) electrons. The standard InChI is InChI=1S/C20H19FN6O/c21-15-4-6-16(7-5-15)25-20(28)17-13-24-19(14-23-17)27-11-9-26(10-12-27)18-3-1-2-8-22-18/h1-8,13-14H,9-12H2,(H,25,28). The second kappa shape index (κ2) is 7.99. The lowest BCUT2D eigenvalue weighted by Crippen LogP contribution is -2.47. The van der Waals surface area contributed by atoms with Crippen molar-refractivity contribution in [1.29, 1.82) is 0 Å². The maximum atomic E-state index is 12.9. The van der Waals surface area contributed by atoms with Crippen LogP contribution in [0.25, 0.3) is 0 Å². The van der Waals surface area contributed by atoms with Crippen LogP contribution >= 0.6 is 0 Å². The first-order valence-electron chi connectivity index (χ1n) is 8.99. The molecule has 0 aliphatic carbocycles. The van der Waals surface area contributed by atoms with Crippen molar-refractivity contribution in [2.24, 2.45) is 0 Å². The zero-order chi connectivity index (χ0) is 19.3. The number of nitrogens with zero attached hydrogens (tertiary/aromatic N) is 5. The van der Waals surface area contributed by atoms with E-state index in [-0.39, 0.29) is 17.4 Å². The number of rotatable bonds is 4. The zero-order valence-corrected chi connectivity index (χ0v) is 15.1. The highest BCUT2D eigenvalue weighted by atomic mass is 19.1. The van der Waals surface area contributed by atoms with E-state index in [1.165, 1.54) is 30.5 Å². The summed E-state index contributed by atoms with van der Waals surface area (Å²) >= 11 is 0. The second-order valence-electron chi connectivity index (χ2n) is 6.38. The first-order chi connectivity index (χ1) is 13.7. The van der Waals surface area contributed by atoms with Crippen molar-refractivity contribution in [2.75, 3.05) is 41.3 Å². The molecule has 7 nitrogen and oxygen atoms in total. The van der Waals surface area contributed by atoms with E-state index in [0.717, 1.165) is 37.8 Å².